The Morgan fingerprint density at radius 2 is 1.93 bits per heavy atom. The quantitative estimate of drug-likeness (QED) is 0.461. The number of carbonyl (C=O) groups is 3. The van der Waals surface area contributed by atoms with E-state index in [4.69, 9.17) is 13.9 Å². The first-order valence-electron chi connectivity index (χ1n) is 8.21. The minimum Gasteiger partial charge on any atom is -0.493 e. The number of rotatable bonds is 6. The topological polar surface area (TPSA) is 107 Å². The van der Waals surface area contributed by atoms with Crippen molar-refractivity contribution in [2.75, 3.05) is 21.3 Å². The molecule has 1 aliphatic rings. The van der Waals surface area contributed by atoms with Crippen LogP contribution in [0.5, 0.6) is 11.5 Å². The zero-order valence-electron chi connectivity index (χ0n) is 15.5. The smallest absolute Gasteiger partial charge is 0.373 e. The Morgan fingerprint density at radius 1 is 1.14 bits per heavy atom. The van der Waals surface area contributed by atoms with Crippen LogP contribution in [0.15, 0.2) is 40.4 Å². The Kier molecular flexibility index (Phi) is 5.35. The van der Waals surface area contributed by atoms with Crippen LogP contribution in [0.1, 0.15) is 21.9 Å². The van der Waals surface area contributed by atoms with E-state index in [1.807, 2.05) is 0 Å². The van der Waals surface area contributed by atoms with Gasteiger partial charge in [0, 0.05) is 5.56 Å². The van der Waals surface area contributed by atoms with Crippen molar-refractivity contribution in [2.45, 2.75) is 6.54 Å². The standard InChI is InChI=1S/C19H18N2O7/c1-25-14-6-4-5-11(16(14)26-2)9-13-17(22)21(19(24)20-13)10-12-7-8-15(28-12)18(23)27-3/h4-9H,10H2,1-3H3,(H,20,24). The van der Waals surface area contributed by atoms with Gasteiger partial charge in [-0.2, -0.15) is 0 Å². The number of hydrogen-bond donors (Lipinski definition) is 1. The largest absolute Gasteiger partial charge is 0.493 e. The van der Waals surface area contributed by atoms with Gasteiger partial charge in [0.1, 0.15) is 11.5 Å². The maximum Gasteiger partial charge on any atom is 0.373 e. The summed E-state index contributed by atoms with van der Waals surface area (Å²) >= 11 is 0. The Morgan fingerprint density at radius 3 is 2.61 bits per heavy atom. The number of benzene rings is 1. The molecule has 0 bridgehead atoms. The second-order valence-corrected chi connectivity index (χ2v) is 5.72. The fourth-order valence-corrected chi connectivity index (χ4v) is 2.73. The molecule has 146 valence electrons. The van der Waals surface area contributed by atoms with Gasteiger partial charge in [0.15, 0.2) is 11.5 Å². The third kappa shape index (κ3) is 3.54. The Hall–Kier alpha value is -3.75. The van der Waals surface area contributed by atoms with Crippen LogP contribution in [-0.4, -0.2) is 44.1 Å². The molecule has 1 aromatic carbocycles. The van der Waals surface area contributed by atoms with Crippen LogP contribution < -0.4 is 14.8 Å². The minimum atomic E-state index is -0.644. The van der Waals surface area contributed by atoms with E-state index in [1.54, 1.807) is 18.2 Å². The summed E-state index contributed by atoms with van der Waals surface area (Å²) in [4.78, 5) is 37.3. The van der Waals surface area contributed by atoms with Crippen molar-refractivity contribution >= 4 is 24.0 Å². The van der Waals surface area contributed by atoms with Gasteiger partial charge < -0.3 is 23.9 Å². The molecule has 3 rings (SSSR count). The zero-order valence-corrected chi connectivity index (χ0v) is 15.5. The average Bonchev–Trinajstić information content (AvgIpc) is 3.27. The molecule has 0 aliphatic carbocycles. The molecule has 0 radical (unpaired) electrons. The second kappa shape index (κ2) is 7.87. The zero-order chi connectivity index (χ0) is 20.3. The average molecular weight is 386 g/mol. The molecule has 2 aromatic rings. The van der Waals surface area contributed by atoms with Crippen LogP contribution in [0, 0.1) is 0 Å². The molecule has 1 saturated heterocycles. The number of methoxy groups -OCH3 is 3. The van der Waals surface area contributed by atoms with Gasteiger partial charge in [0.2, 0.25) is 5.76 Å². The van der Waals surface area contributed by atoms with Gasteiger partial charge in [-0.15, -0.1) is 0 Å². The molecular formula is C19H18N2O7. The summed E-state index contributed by atoms with van der Waals surface area (Å²) in [6, 6.07) is 7.50. The van der Waals surface area contributed by atoms with Crippen LogP contribution in [0.4, 0.5) is 4.79 Å². The molecule has 0 atom stereocenters. The normalized spacial score (nSPS) is 15.0. The molecule has 9 heteroatoms. The van der Waals surface area contributed by atoms with Crippen LogP contribution in [0.3, 0.4) is 0 Å². The van der Waals surface area contributed by atoms with E-state index in [-0.39, 0.29) is 23.8 Å². The number of amides is 3. The molecule has 0 spiro atoms. The lowest BCUT2D eigenvalue weighted by molar-refractivity contribution is -0.123. The van der Waals surface area contributed by atoms with Crippen molar-refractivity contribution in [3.63, 3.8) is 0 Å². The number of carbonyl (C=O) groups excluding carboxylic acids is 3. The summed E-state index contributed by atoms with van der Waals surface area (Å²) in [7, 11) is 4.22. The van der Waals surface area contributed by atoms with Gasteiger partial charge in [-0.3, -0.25) is 9.69 Å². The number of ether oxygens (including phenoxy) is 3. The van der Waals surface area contributed by atoms with E-state index in [2.05, 4.69) is 10.1 Å². The predicted octanol–water partition coefficient (Wildman–Crippen LogP) is 2.18. The summed E-state index contributed by atoms with van der Waals surface area (Å²) in [6.45, 7) is -0.131. The number of nitrogens with one attached hydrogen (secondary N) is 1. The fourth-order valence-electron chi connectivity index (χ4n) is 2.73. The van der Waals surface area contributed by atoms with Crippen molar-refractivity contribution in [1.29, 1.82) is 0 Å². The molecule has 1 aliphatic heterocycles. The molecule has 2 heterocycles. The third-order valence-corrected chi connectivity index (χ3v) is 4.06. The van der Waals surface area contributed by atoms with Crippen molar-refractivity contribution < 1.29 is 33.0 Å². The maximum atomic E-state index is 12.6. The lowest BCUT2D eigenvalue weighted by Crippen LogP contribution is -2.30. The van der Waals surface area contributed by atoms with E-state index < -0.39 is 17.9 Å². The van der Waals surface area contributed by atoms with Crippen LogP contribution in [0.2, 0.25) is 0 Å². The minimum absolute atomic E-state index is 0.0126. The number of imide groups is 1. The van der Waals surface area contributed by atoms with E-state index >= 15 is 0 Å². The van der Waals surface area contributed by atoms with Crippen molar-refractivity contribution in [3.05, 3.63) is 53.1 Å². The number of hydrogen-bond acceptors (Lipinski definition) is 7. The number of para-hydroxylation sites is 1. The van der Waals surface area contributed by atoms with Crippen molar-refractivity contribution in [3.8, 4) is 11.5 Å². The third-order valence-electron chi connectivity index (χ3n) is 4.06. The number of urea groups is 1. The Labute approximate surface area is 160 Å². The van der Waals surface area contributed by atoms with Gasteiger partial charge in [-0.05, 0) is 24.3 Å². The van der Waals surface area contributed by atoms with E-state index in [0.717, 1.165) is 4.90 Å². The van der Waals surface area contributed by atoms with Crippen molar-refractivity contribution in [2.24, 2.45) is 0 Å². The molecule has 1 fully saturated rings. The Bertz CT molecular complexity index is 961. The molecule has 1 aromatic heterocycles. The summed E-state index contributed by atoms with van der Waals surface area (Å²) in [5, 5.41) is 2.52. The summed E-state index contributed by atoms with van der Waals surface area (Å²) in [5.41, 5.74) is 0.648. The van der Waals surface area contributed by atoms with E-state index in [9.17, 15) is 14.4 Å². The molecule has 28 heavy (non-hydrogen) atoms. The highest BCUT2D eigenvalue weighted by Crippen LogP contribution is 2.32. The summed E-state index contributed by atoms with van der Waals surface area (Å²) in [6.07, 6.45) is 1.50. The molecule has 3 amide bonds. The van der Waals surface area contributed by atoms with Gasteiger partial charge in [0.05, 0.1) is 27.9 Å². The van der Waals surface area contributed by atoms with Crippen LogP contribution in [-0.2, 0) is 16.1 Å². The van der Waals surface area contributed by atoms with E-state index in [0.29, 0.717) is 17.1 Å². The highest BCUT2D eigenvalue weighted by atomic mass is 16.5. The lowest BCUT2D eigenvalue weighted by atomic mass is 10.1. The Balaban J connectivity index is 1.83. The monoisotopic (exact) mass is 386 g/mol. The predicted molar refractivity (Wildman–Crippen MR) is 96.7 cm³/mol. The molecule has 0 unspecified atom stereocenters. The SMILES string of the molecule is COC(=O)c1ccc(CN2C(=O)NC(=Cc3cccc(OC)c3OC)C2=O)o1. The van der Waals surface area contributed by atoms with Gasteiger partial charge >= 0.3 is 12.0 Å². The summed E-state index contributed by atoms with van der Waals surface area (Å²) in [5.74, 6) is 0.00810. The first-order chi connectivity index (χ1) is 13.5. The van der Waals surface area contributed by atoms with Crippen LogP contribution >= 0.6 is 0 Å². The first kappa shape index (κ1) is 19.0. The number of esters is 1. The maximum absolute atomic E-state index is 12.6. The molecular weight excluding hydrogens is 368 g/mol. The van der Waals surface area contributed by atoms with Gasteiger partial charge in [-0.1, -0.05) is 12.1 Å². The lowest BCUT2D eigenvalue weighted by Gasteiger charge is -2.10. The first-order valence-corrected chi connectivity index (χ1v) is 8.21. The van der Waals surface area contributed by atoms with Crippen LogP contribution in [0.25, 0.3) is 6.08 Å². The second-order valence-electron chi connectivity index (χ2n) is 5.72. The number of nitrogens with zero attached hydrogens (tertiary/aromatic N) is 1. The van der Waals surface area contributed by atoms with E-state index in [1.165, 1.54) is 39.5 Å². The highest BCUT2D eigenvalue weighted by Gasteiger charge is 2.34. The van der Waals surface area contributed by atoms with Gasteiger partial charge in [-0.25, -0.2) is 9.59 Å². The summed E-state index contributed by atoms with van der Waals surface area (Å²) < 4.78 is 20.4. The van der Waals surface area contributed by atoms with Gasteiger partial charge in [0.25, 0.3) is 5.91 Å². The molecule has 9 nitrogen and oxygen atoms in total. The van der Waals surface area contributed by atoms with Crippen molar-refractivity contribution in [1.82, 2.24) is 10.2 Å². The highest BCUT2D eigenvalue weighted by molar-refractivity contribution is 6.14. The molecule has 0 saturated carbocycles. The fraction of sp³-hybridized carbons (Fsp3) is 0.211. The molecule has 1 N–H and O–H groups in total. The number of furan rings is 1.